The fourth-order valence-corrected chi connectivity index (χ4v) is 2.49. The first-order valence-electron chi connectivity index (χ1n) is 7.85. The summed E-state index contributed by atoms with van der Waals surface area (Å²) in [6.07, 6.45) is 0.524. The Morgan fingerprint density at radius 3 is 2.50 bits per heavy atom. The van der Waals surface area contributed by atoms with Crippen LogP contribution in [0.2, 0.25) is 0 Å². The molecule has 2 N–H and O–H groups in total. The number of ether oxygens (including phenoxy) is 1. The van der Waals surface area contributed by atoms with Crippen molar-refractivity contribution in [3.05, 3.63) is 65.5 Å². The molecule has 0 bridgehead atoms. The Balaban J connectivity index is 1.87. The van der Waals surface area contributed by atoms with Crippen LogP contribution in [0, 0.1) is 5.82 Å². The van der Waals surface area contributed by atoms with Crippen molar-refractivity contribution in [1.29, 1.82) is 0 Å². The van der Waals surface area contributed by atoms with E-state index in [1.165, 1.54) is 6.07 Å². The lowest BCUT2D eigenvalue weighted by Gasteiger charge is -2.20. The van der Waals surface area contributed by atoms with Crippen LogP contribution >= 0.6 is 0 Å². The van der Waals surface area contributed by atoms with Crippen molar-refractivity contribution >= 4 is 5.91 Å². The number of carbonyl (C=O) groups excluding carboxylic acids is 1. The van der Waals surface area contributed by atoms with Crippen LogP contribution in [-0.4, -0.2) is 31.0 Å². The van der Waals surface area contributed by atoms with Gasteiger partial charge in [0.2, 0.25) is 5.91 Å². The van der Waals surface area contributed by atoms with Gasteiger partial charge in [-0.25, -0.2) is 4.39 Å². The molecule has 128 valence electrons. The highest BCUT2D eigenvalue weighted by Crippen LogP contribution is 2.14. The second-order valence-corrected chi connectivity index (χ2v) is 5.86. The molecule has 0 radical (unpaired) electrons. The molecule has 0 saturated heterocycles. The van der Waals surface area contributed by atoms with Gasteiger partial charge in [0.15, 0.2) is 0 Å². The van der Waals surface area contributed by atoms with Crippen LogP contribution in [0.15, 0.2) is 48.5 Å². The van der Waals surface area contributed by atoms with E-state index in [2.05, 4.69) is 0 Å². The van der Waals surface area contributed by atoms with Crippen molar-refractivity contribution in [3.63, 3.8) is 0 Å². The van der Waals surface area contributed by atoms with Gasteiger partial charge >= 0.3 is 0 Å². The first kappa shape index (κ1) is 17.9. The monoisotopic (exact) mass is 330 g/mol. The molecule has 0 unspecified atom stereocenters. The Kier molecular flexibility index (Phi) is 6.32. The Morgan fingerprint density at radius 1 is 1.21 bits per heavy atom. The fraction of sp³-hybridized carbons (Fsp3) is 0.316. The average molecular weight is 330 g/mol. The Bertz CT molecular complexity index is 673. The number of rotatable bonds is 7. The summed E-state index contributed by atoms with van der Waals surface area (Å²) in [5.41, 5.74) is 7.56. The highest BCUT2D eigenvalue weighted by molar-refractivity contribution is 5.76. The predicted octanol–water partition coefficient (Wildman–Crippen LogP) is 2.75. The summed E-state index contributed by atoms with van der Waals surface area (Å²) in [6.45, 7) is 0.495. The maximum Gasteiger partial charge on any atom is 0.224 e. The van der Waals surface area contributed by atoms with Gasteiger partial charge in [0.25, 0.3) is 0 Å². The number of hydrogen-bond donors (Lipinski definition) is 1. The summed E-state index contributed by atoms with van der Waals surface area (Å²) in [5.74, 6) is 0.432. The molecule has 4 nitrogen and oxygen atoms in total. The molecular weight excluding hydrogens is 307 g/mol. The standard InChI is InChI=1S/C19H23FN2O2/c1-22(13-14-7-9-17(24-2)10-8-14)19(23)12-16(21)11-15-5-3-4-6-18(15)20/h3-10,16H,11-13,21H2,1-2H3/t16-/m1/s1. The third kappa shape index (κ3) is 5.06. The minimum absolute atomic E-state index is 0.0605. The van der Waals surface area contributed by atoms with Crippen LogP contribution < -0.4 is 10.5 Å². The van der Waals surface area contributed by atoms with E-state index in [1.54, 1.807) is 37.3 Å². The largest absolute Gasteiger partial charge is 0.497 e. The van der Waals surface area contributed by atoms with E-state index in [4.69, 9.17) is 10.5 Å². The smallest absolute Gasteiger partial charge is 0.224 e. The lowest BCUT2D eigenvalue weighted by Crippen LogP contribution is -2.34. The Morgan fingerprint density at radius 2 is 1.88 bits per heavy atom. The molecule has 0 saturated carbocycles. The maximum absolute atomic E-state index is 13.6. The van der Waals surface area contributed by atoms with Crippen LogP contribution in [0.3, 0.4) is 0 Å². The number of carbonyl (C=O) groups is 1. The Hall–Kier alpha value is -2.40. The maximum atomic E-state index is 13.6. The number of hydrogen-bond acceptors (Lipinski definition) is 3. The van der Waals surface area contributed by atoms with Crippen LogP contribution in [0.4, 0.5) is 4.39 Å². The van der Waals surface area contributed by atoms with Crippen molar-refractivity contribution in [2.24, 2.45) is 5.73 Å². The molecule has 0 aromatic heterocycles. The molecule has 1 atom stereocenters. The first-order chi connectivity index (χ1) is 11.5. The summed E-state index contributed by atoms with van der Waals surface area (Å²) in [7, 11) is 3.35. The van der Waals surface area contributed by atoms with Crippen molar-refractivity contribution in [2.75, 3.05) is 14.2 Å². The number of benzene rings is 2. The number of methoxy groups -OCH3 is 1. The van der Waals surface area contributed by atoms with Crippen molar-refractivity contribution in [2.45, 2.75) is 25.4 Å². The van der Waals surface area contributed by atoms with Crippen molar-refractivity contribution < 1.29 is 13.9 Å². The third-order valence-electron chi connectivity index (χ3n) is 3.88. The topological polar surface area (TPSA) is 55.6 Å². The highest BCUT2D eigenvalue weighted by Gasteiger charge is 2.16. The van der Waals surface area contributed by atoms with Gasteiger partial charge in [0.1, 0.15) is 11.6 Å². The molecule has 0 aliphatic heterocycles. The van der Waals surface area contributed by atoms with E-state index in [1.807, 2.05) is 24.3 Å². The summed E-state index contributed by atoms with van der Waals surface area (Å²) in [6, 6.07) is 13.6. The minimum Gasteiger partial charge on any atom is -0.497 e. The van der Waals surface area contributed by atoms with Gasteiger partial charge in [-0.1, -0.05) is 30.3 Å². The molecule has 5 heteroatoms. The van der Waals surface area contributed by atoms with E-state index < -0.39 is 6.04 Å². The van der Waals surface area contributed by atoms with Gasteiger partial charge in [0.05, 0.1) is 7.11 Å². The second-order valence-electron chi connectivity index (χ2n) is 5.86. The summed E-state index contributed by atoms with van der Waals surface area (Å²) in [4.78, 5) is 13.9. The van der Waals surface area contributed by atoms with E-state index in [0.717, 1.165) is 11.3 Å². The zero-order chi connectivity index (χ0) is 17.5. The lowest BCUT2D eigenvalue weighted by molar-refractivity contribution is -0.130. The molecule has 2 rings (SSSR count). The minimum atomic E-state index is -0.410. The van der Waals surface area contributed by atoms with Gasteiger partial charge in [-0.3, -0.25) is 4.79 Å². The normalized spacial score (nSPS) is 11.8. The summed E-state index contributed by atoms with van der Waals surface area (Å²) in [5, 5.41) is 0. The van der Waals surface area contributed by atoms with Crippen LogP contribution in [0.25, 0.3) is 0 Å². The van der Waals surface area contributed by atoms with Gasteiger partial charge < -0.3 is 15.4 Å². The number of halogens is 1. The molecule has 0 aliphatic rings. The molecule has 2 aromatic carbocycles. The average Bonchev–Trinajstić information content (AvgIpc) is 2.57. The summed E-state index contributed by atoms with van der Waals surface area (Å²) < 4.78 is 18.7. The van der Waals surface area contributed by atoms with Crippen LogP contribution in [0.1, 0.15) is 17.5 Å². The number of nitrogens with zero attached hydrogens (tertiary/aromatic N) is 1. The fourth-order valence-electron chi connectivity index (χ4n) is 2.49. The van der Waals surface area contributed by atoms with Crippen molar-refractivity contribution in [3.8, 4) is 5.75 Å². The molecule has 1 amide bonds. The molecule has 0 fully saturated rings. The van der Waals surface area contributed by atoms with E-state index in [-0.39, 0.29) is 18.1 Å². The number of amides is 1. The quantitative estimate of drug-likeness (QED) is 0.849. The molecule has 0 heterocycles. The molecule has 0 aliphatic carbocycles. The van der Waals surface area contributed by atoms with Gasteiger partial charge in [-0.15, -0.1) is 0 Å². The van der Waals surface area contributed by atoms with Gasteiger partial charge in [0, 0.05) is 26.1 Å². The molecule has 2 aromatic rings. The number of nitrogens with two attached hydrogens (primary N) is 1. The van der Waals surface area contributed by atoms with Crippen molar-refractivity contribution in [1.82, 2.24) is 4.90 Å². The SMILES string of the molecule is COc1ccc(CN(C)C(=O)C[C@H](N)Cc2ccccc2F)cc1. The summed E-state index contributed by atoms with van der Waals surface area (Å²) >= 11 is 0. The highest BCUT2D eigenvalue weighted by atomic mass is 19.1. The predicted molar refractivity (Wildman–Crippen MR) is 92.2 cm³/mol. The van der Waals surface area contributed by atoms with Gasteiger partial charge in [-0.05, 0) is 35.7 Å². The zero-order valence-electron chi connectivity index (χ0n) is 14.0. The molecule has 0 spiro atoms. The second kappa shape index (κ2) is 8.45. The van der Waals surface area contributed by atoms with E-state index in [9.17, 15) is 9.18 Å². The van der Waals surface area contributed by atoms with Crippen LogP contribution in [0.5, 0.6) is 5.75 Å². The third-order valence-corrected chi connectivity index (χ3v) is 3.88. The Labute approximate surface area is 142 Å². The van der Waals surface area contributed by atoms with Crippen LogP contribution in [-0.2, 0) is 17.8 Å². The first-order valence-corrected chi connectivity index (χ1v) is 7.85. The van der Waals surface area contributed by atoms with Gasteiger partial charge in [-0.2, -0.15) is 0 Å². The van der Waals surface area contributed by atoms with E-state index in [0.29, 0.717) is 18.5 Å². The molecular formula is C19H23FN2O2. The lowest BCUT2D eigenvalue weighted by atomic mass is 10.0. The zero-order valence-corrected chi connectivity index (χ0v) is 14.0. The molecule has 24 heavy (non-hydrogen) atoms. The van der Waals surface area contributed by atoms with E-state index >= 15 is 0 Å².